The molecule has 2 N–H and O–H groups in total. The third-order valence-corrected chi connectivity index (χ3v) is 3.81. The molecule has 0 radical (unpaired) electrons. The van der Waals surface area contributed by atoms with Crippen molar-refractivity contribution in [3.8, 4) is 5.75 Å². The number of carbonyl (C=O) groups is 1. The number of methoxy groups -OCH3 is 1. The number of fused-ring (bicyclic) bond motifs is 1. The minimum atomic E-state index is 0.390. The van der Waals surface area contributed by atoms with E-state index in [1.165, 1.54) is 0 Å². The van der Waals surface area contributed by atoms with Gasteiger partial charge < -0.3 is 10.1 Å². The molecule has 1 aromatic heterocycles. The van der Waals surface area contributed by atoms with E-state index in [4.69, 9.17) is 4.74 Å². The number of ether oxygens (including phenoxy) is 1. The van der Waals surface area contributed by atoms with Crippen LogP contribution in [0, 0.1) is 0 Å². The van der Waals surface area contributed by atoms with Crippen molar-refractivity contribution in [1.29, 1.82) is 0 Å². The molecule has 1 aliphatic heterocycles. The highest BCUT2D eigenvalue weighted by Gasteiger charge is 2.22. The SMILES string of the molecule is COc1c(C2CCCNC2)cc(C=O)c2[nH]ncc12. The van der Waals surface area contributed by atoms with Gasteiger partial charge in [-0.2, -0.15) is 5.10 Å². The molecule has 1 fully saturated rings. The van der Waals surface area contributed by atoms with Gasteiger partial charge in [-0.3, -0.25) is 9.89 Å². The van der Waals surface area contributed by atoms with Gasteiger partial charge in [-0.15, -0.1) is 0 Å². The number of hydrogen-bond donors (Lipinski definition) is 2. The predicted molar refractivity (Wildman–Crippen MR) is 72.9 cm³/mol. The second kappa shape index (κ2) is 5.01. The number of carbonyl (C=O) groups excluding carboxylic acids is 1. The van der Waals surface area contributed by atoms with Crippen molar-refractivity contribution in [2.75, 3.05) is 20.2 Å². The van der Waals surface area contributed by atoms with E-state index in [0.29, 0.717) is 11.5 Å². The van der Waals surface area contributed by atoms with Gasteiger partial charge in [0.2, 0.25) is 0 Å². The van der Waals surface area contributed by atoms with Crippen LogP contribution in [-0.4, -0.2) is 36.7 Å². The van der Waals surface area contributed by atoms with Crippen molar-refractivity contribution in [2.24, 2.45) is 0 Å². The third-order valence-electron chi connectivity index (χ3n) is 3.81. The van der Waals surface area contributed by atoms with Crippen LogP contribution in [0.2, 0.25) is 0 Å². The summed E-state index contributed by atoms with van der Waals surface area (Å²) >= 11 is 0. The van der Waals surface area contributed by atoms with Gasteiger partial charge in [0, 0.05) is 23.6 Å². The molecule has 2 heterocycles. The number of aldehydes is 1. The minimum absolute atomic E-state index is 0.390. The maximum atomic E-state index is 11.2. The van der Waals surface area contributed by atoms with Crippen LogP contribution in [0.1, 0.15) is 34.7 Å². The summed E-state index contributed by atoms with van der Waals surface area (Å²) in [4.78, 5) is 11.2. The van der Waals surface area contributed by atoms with Gasteiger partial charge in [0.15, 0.2) is 6.29 Å². The van der Waals surface area contributed by atoms with E-state index >= 15 is 0 Å². The molecule has 1 unspecified atom stereocenters. The molecule has 0 bridgehead atoms. The fourth-order valence-electron chi connectivity index (χ4n) is 2.88. The highest BCUT2D eigenvalue weighted by molar-refractivity contribution is 5.99. The Labute approximate surface area is 111 Å². The number of aromatic amines is 1. The molecule has 1 aromatic carbocycles. The summed E-state index contributed by atoms with van der Waals surface area (Å²) in [7, 11) is 1.67. The van der Waals surface area contributed by atoms with E-state index < -0.39 is 0 Å². The number of nitrogens with zero attached hydrogens (tertiary/aromatic N) is 1. The van der Waals surface area contributed by atoms with Crippen LogP contribution in [0.15, 0.2) is 12.3 Å². The number of nitrogens with one attached hydrogen (secondary N) is 2. The Morgan fingerprint density at radius 1 is 1.53 bits per heavy atom. The van der Waals surface area contributed by atoms with Crippen LogP contribution in [-0.2, 0) is 0 Å². The number of rotatable bonds is 3. The highest BCUT2D eigenvalue weighted by atomic mass is 16.5. The Balaban J connectivity index is 2.18. The summed E-state index contributed by atoms with van der Waals surface area (Å²) in [6, 6.07) is 1.93. The van der Waals surface area contributed by atoms with Crippen LogP contribution in [0.4, 0.5) is 0 Å². The Morgan fingerprint density at radius 3 is 3.11 bits per heavy atom. The van der Waals surface area contributed by atoms with Crippen molar-refractivity contribution in [1.82, 2.24) is 15.5 Å². The topological polar surface area (TPSA) is 67.0 Å². The standard InChI is InChI=1S/C14H17N3O2/c1-19-14-11(9-3-2-4-15-6-9)5-10(8-18)13-12(14)7-16-17-13/h5,7-9,15H,2-4,6H2,1H3,(H,16,17). The second-order valence-corrected chi connectivity index (χ2v) is 4.91. The number of H-pyrrole nitrogens is 1. The van der Waals surface area contributed by atoms with Crippen LogP contribution in [0.5, 0.6) is 5.75 Å². The fraction of sp³-hybridized carbons (Fsp3) is 0.429. The lowest BCUT2D eigenvalue weighted by atomic mass is 9.89. The van der Waals surface area contributed by atoms with Gasteiger partial charge in [-0.25, -0.2) is 0 Å². The predicted octanol–water partition coefficient (Wildman–Crippen LogP) is 1.85. The lowest BCUT2D eigenvalue weighted by Crippen LogP contribution is -2.28. The molecule has 19 heavy (non-hydrogen) atoms. The molecular formula is C14H17N3O2. The zero-order valence-corrected chi connectivity index (χ0v) is 10.9. The summed E-state index contributed by atoms with van der Waals surface area (Å²) in [6.07, 6.45) is 4.86. The summed E-state index contributed by atoms with van der Waals surface area (Å²) < 4.78 is 5.57. The van der Waals surface area contributed by atoms with Crippen LogP contribution in [0.25, 0.3) is 10.9 Å². The van der Waals surface area contributed by atoms with Crippen molar-refractivity contribution >= 4 is 17.2 Å². The third kappa shape index (κ3) is 2.00. The molecule has 100 valence electrons. The molecule has 0 spiro atoms. The average molecular weight is 259 g/mol. The minimum Gasteiger partial charge on any atom is -0.496 e. The Kier molecular flexibility index (Phi) is 3.21. The first-order chi connectivity index (χ1) is 9.35. The molecule has 5 nitrogen and oxygen atoms in total. The first-order valence-corrected chi connectivity index (χ1v) is 6.55. The molecular weight excluding hydrogens is 242 g/mol. The quantitative estimate of drug-likeness (QED) is 0.825. The molecule has 2 aromatic rings. The molecule has 1 saturated heterocycles. The van der Waals surface area contributed by atoms with Gasteiger partial charge >= 0.3 is 0 Å². The fourth-order valence-corrected chi connectivity index (χ4v) is 2.88. The van der Waals surface area contributed by atoms with E-state index in [1.54, 1.807) is 13.3 Å². The first-order valence-electron chi connectivity index (χ1n) is 6.55. The van der Waals surface area contributed by atoms with E-state index in [0.717, 1.165) is 54.4 Å². The van der Waals surface area contributed by atoms with Crippen molar-refractivity contribution < 1.29 is 9.53 Å². The maximum Gasteiger partial charge on any atom is 0.152 e. The van der Waals surface area contributed by atoms with E-state index in [1.807, 2.05) is 6.07 Å². The van der Waals surface area contributed by atoms with Crippen molar-refractivity contribution in [3.63, 3.8) is 0 Å². The van der Waals surface area contributed by atoms with Gasteiger partial charge in [0.1, 0.15) is 5.75 Å². The van der Waals surface area contributed by atoms with E-state index in [-0.39, 0.29) is 0 Å². The monoisotopic (exact) mass is 259 g/mol. The van der Waals surface area contributed by atoms with Gasteiger partial charge in [-0.05, 0) is 25.5 Å². The van der Waals surface area contributed by atoms with Crippen molar-refractivity contribution in [2.45, 2.75) is 18.8 Å². The van der Waals surface area contributed by atoms with Crippen LogP contribution in [0.3, 0.4) is 0 Å². The normalized spacial score (nSPS) is 19.5. The van der Waals surface area contributed by atoms with Gasteiger partial charge in [0.25, 0.3) is 0 Å². The zero-order chi connectivity index (χ0) is 13.2. The van der Waals surface area contributed by atoms with Gasteiger partial charge in [0.05, 0.1) is 24.2 Å². The number of hydrogen-bond acceptors (Lipinski definition) is 4. The number of piperidine rings is 1. The average Bonchev–Trinajstić information content (AvgIpc) is 2.95. The van der Waals surface area contributed by atoms with Gasteiger partial charge in [-0.1, -0.05) is 0 Å². The number of benzene rings is 1. The smallest absolute Gasteiger partial charge is 0.152 e. The maximum absolute atomic E-state index is 11.2. The van der Waals surface area contributed by atoms with E-state index in [9.17, 15) is 4.79 Å². The molecule has 1 atom stereocenters. The molecule has 0 saturated carbocycles. The van der Waals surface area contributed by atoms with Crippen molar-refractivity contribution in [3.05, 3.63) is 23.4 Å². The lowest BCUT2D eigenvalue weighted by Gasteiger charge is -2.25. The van der Waals surface area contributed by atoms with E-state index in [2.05, 4.69) is 15.5 Å². The Morgan fingerprint density at radius 2 is 2.42 bits per heavy atom. The number of aromatic nitrogens is 2. The molecule has 0 aliphatic carbocycles. The molecule has 1 aliphatic rings. The zero-order valence-electron chi connectivity index (χ0n) is 10.9. The molecule has 5 heteroatoms. The second-order valence-electron chi connectivity index (χ2n) is 4.91. The molecule has 0 amide bonds. The lowest BCUT2D eigenvalue weighted by molar-refractivity contribution is 0.112. The Bertz CT molecular complexity index is 600. The summed E-state index contributed by atoms with van der Waals surface area (Å²) in [5.74, 6) is 1.23. The largest absolute Gasteiger partial charge is 0.496 e. The van der Waals surface area contributed by atoms with Crippen LogP contribution >= 0.6 is 0 Å². The summed E-state index contributed by atoms with van der Waals surface area (Å²) in [6.45, 7) is 1.99. The molecule has 3 rings (SSSR count). The van der Waals surface area contributed by atoms with Crippen LogP contribution < -0.4 is 10.1 Å². The first kappa shape index (κ1) is 12.2. The Hall–Kier alpha value is -1.88. The highest BCUT2D eigenvalue weighted by Crippen LogP contribution is 2.37. The summed E-state index contributed by atoms with van der Waals surface area (Å²) in [5.41, 5.74) is 2.50. The summed E-state index contributed by atoms with van der Waals surface area (Å²) in [5, 5.41) is 11.2.